The third-order valence-corrected chi connectivity index (χ3v) is 10.3. The minimum atomic E-state index is -4.98. The lowest BCUT2D eigenvalue weighted by atomic mass is 9.82. The highest BCUT2D eigenvalue weighted by Gasteiger charge is 2.44. The van der Waals surface area contributed by atoms with Crippen molar-refractivity contribution in [2.75, 3.05) is 18.0 Å². The Balaban J connectivity index is 0.000000230. The van der Waals surface area contributed by atoms with Gasteiger partial charge < -0.3 is 18.9 Å². The van der Waals surface area contributed by atoms with Gasteiger partial charge in [0, 0.05) is 19.5 Å². The zero-order chi connectivity index (χ0) is 45.7. The van der Waals surface area contributed by atoms with Gasteiger partial charge in [-0.05, 0) is 118 Å². The zero-order valence-electron chi connectivity index (χ0n) is 33.0. The number of aryl methyl sites for hydroxylation is 1. The molecule has 0 radical (unpaired) electrons. The second-order valence-electron chi connectivity index (χ2n) is 15.2. The van der Waals surface area contributed by atoms with E-state index in [4.69, 9.17) is 14.0 Å². The zero-order valence-corrected chi connectivity index (χ0v) is 34.6. The van der Waals surface area contributed by atoms with Gasteiger partial charge in [-0.3, -0.25) is 0 Å². The molecule has 338 valence electrons. The number of benzene rings is 2. The number of halogens is 13. The van der Waals surface area contributed by atoms with Gasteiger partial charge in [-0.1, -0.05) is 5.16 Å². The quantitative estimate of drug-likeness (QED) is 0.132. The molecule has 4 heterocycles. The van der Waals surface area contributed by atoms with Crippen LogP contribution < -0.4 is 14.4 Å². The molecule has 2 fully saturated rings. The smallest absolute Gasteiger partial charge is 0.416 e. The van der Waals surface area contributed by atoms with E-state index in [1.54, 1.807) is 34.6 Å². The molecule has 3 aromatic heterocycles. The average Bonchev–Trinajstić information content (AvgIpc) is 3.91. The lowest BCUT2D eigenvalue weighted by Crippen LogP contribution is -2.43. The molecule has 2 bridgehead atoms. The van der Waals surface area contributed by atoms with Crippen molar-refractivity contribution < 1.29 is 66.7 Å². The van der Waals surface area contributed by atoms with E-state index >= 15 is 0 Å². The molecular weight excluding hydrogens is 926 g/mol. The van der Waals surface area contributed by atoms with E-state index in [1.807, 2.05) is 0 Å². The van der Waals surface area contributed by atoms with Crippen LogP contribution in [0.15, 0.2) is 45.7 Å². The van der Waals surface area contributed by atoms with Crippen LogP contribution in [-0.4, -0.2) is 52.8 Å². The average molecular weight is 963 g/mol. The summed E-state index contributed by atoms with van der Waals surface area (Å²) in [5.41, 5.74) is -5.86. The second kappa shape index (κ2) is 17.2. The number of piperidine rings is 1. The van der Waals surface area contributed by atoms with Crippen LogP contribution in [0.3, 0.4) is 0 Å². The van der Waals surface area contributed by atoms with Crippen molar-refractivity contribution in [1.29, 1.82) is 0 Å². The van der Waals surface area contributed by atoms with Gasteiger partial charge in [0.05, 0.1) is 34.3 Å². The Morgan fingerprint density at radius 1 is 0.645 bits per heavy atom. The first-order chi connectivity index (χ1) is 28.6. The van der Waals surface area contributed by atoms with Crippen molar-refractivity contribution in [3.8, 4) is 23.5 Å². The Hall–Kier alpha value is -5.10. The normalized spacial score (nSPS) is 18.4. The van der Waals surface area contributed by atoms with E-state index in [0.29, 0.717) is 60.2 Å². The summed E-state index contributed by atoms with van der Waals surface area (Å²) in [6, 6.07) is 1.63. The molecule has 1 saturated carbocycles. The highest BCUT2D eigenvalue weighted by atomic mass is 79.9. The Labute approximate surface area is 352 Å². The minimum Gasteiger partial charge on any atom is -0.424 e. The fourth-order valence-electron chi connectivity index (χ4n) is 7.17. The number of anilines is 1. The molecule has 2 aliphatic rings. The molecule has 7 rings (SSSR count). The molecule has 0 amide bonds. The molecule has 1 saturated heterocycles. The topological polar surface area (TPSA) is 122 Å². The van der Waals surface area contributed by atoms with E-state index in [0.717, 1.165) is 25.9 Å². The molecule has 25 heteroatoms. The first-order valence-corrected chi connectivity index (χ1v) is 19.5. The van der Waals surface area contributed by atoms with E-state index in [2.05, 4.69) is 51.1 Å². The molecule has 0 spiro atoms. The number of hydrogen-bond donors (Lipinski definition) is 0. The number of fused-ring (bicyclic) bond motifs is 2. The third-order valence-electron chi connectivity index (χ3n) is 9.97. The number of hydrogen-bond acceptors (Lipinski definition) is 10. The van der Waals surface area contributed by atoms with Gasteiger partial charge in [0.25, 0.3) is 0 Å². The Bertz CT molecular complexity index is 2270. The molecule has 3 atom stereocenters. The first kappa shape index (κ1) is 46.4. The maximum atomic E-state index is 13.3. The van der Waals surface area contributed by atoms with Gasteiger partial charge in [-0.25, -0.2) is 9.36 Å². The van der Waals surface area contributed by atoms with Crippen LogP contribution in [0, 0.1) is 24.7 Å². The third kappa shape index (κ3) is 10.9. The maximum absolute atomic E-state index is 13.3. The lowest BCUT2D eigenvalue weighted by Gasteiger charge is -2.36. The lowest BCUT2D eigenvalue weighted by molar-refractivity contribution is -0.144. The van der Waals surface area contributed by atoms with Gasteiger partial charge in [-0.15, -0.1) is 5.10 Å². The summed E-state index contributed by atoms with van der Waals surface area (Å²) < 4.78 is 175. The van der Waals surface area contributed by atoms with Crippen LogP contribution >= 0.6 is 15.9 Å². The van der Waals surface area contributed by atoms with E-state index in [9.17, 15) is 52.7 Å². The van der Waals surface area contributed by atoms with Crippen LogP contribution in [0.5, 0.6) is 23.5 Å². The van der Waals surface area contributed by atoms with Gasteiger partial charge in [0.1, 0.15) is 11.5 Å². The monoisotopic (exact) mass is 961 g/mol. The molecule has 1 aliphatic carbocycles. The van der Waals surface area contributed by atoms with Crippen molar-refractivity contribution in [2.45, 2.75) is 90.7 Å². The summed E-state index contributed by atoms with van der Waals surface area (Å²) in [5, 5.41) is 12.3. The summed E-state index contributed by atoms with van der Waals surface area (Å²) in [7, 11) is 0. The van der Waals surface area contributed by atoms with Crippen molar-refractivity contribution in [3.05, 3.63) is 75.0 Å². The van der Waals surface area contributed by atoms with Gasteiger partial charge in [0.2, 0.25) is 4.73 Å². The first-order valence-electron chi connectivity index (χ1n) is 18.7. The number of alkyl halides is 12. The largest absolute Gasteiger partial charge is 0.424 e. The molecule has 0 N–H and O–H groups in total. The van der Waals surface area contributed by atoms with Crippen LogP contribution in [0.25, 0.3) is 0 Å². The van der Waals surface area contributed by atoms with Crippen molar-refractivity contribution in [1.82, 2.24) is 39.7 Å². The SMILES string of the molecule is CC(C)n1nc(Br)nc1Oc1cc(C(F)(F)F)cc(C(F)(F)F)c1.Cc1noc(N2C[C@H]3CC[C@@H](C2)C3Cc2nc(Oc3cc(C(F)(F)F)cc(C(F)(F)F)c3)n(C(C)C)n2)n1. The molecule has 5 aromatic rings. The van der Waals surface area contributed by atoms with E-state index in [1.165, 1.54) is 9.36 Å². The second-order valence-corrected chi connectivity index (χ2v) is 15.9. The predicted octanol–water partition coefficient (Wildman–Crippen LogP) is 11.5. The van der Waals surface area contributed by atoms with Crippen molar-refractivity contribution in [3.63, 3.8) is 0 Å². The van der Waals surface area contributed by atoms with Crippen LogP contribution in [0.2, 0.25) is 0 Å². The molecule has 1 unspecified atom stereocenters. The van der Waals surface area contributed by atoms with Crippen molar-refractivity contribution in [2.24, 2.45) is 17.8 Å². The van der Waals surface area contributed by atoms with Crippen molar-refractivity contribution >= 4 is 21.9 Å². The highest BCUT2D eigenvalue weighted by molar-refractivity contribution is 9.10. The summed E-state index contributed by atoms with van der Waals surface area (Å²) in [6.07, 6.45) is -17.3. The van der Waals surface area contributed by atoms with Gasteiger partial charge in [0.15, 0.2) is 11.6 Å². The van der Waals surface area contributed by atoms with E-state index in [-0.39, 0.29) is 46.9 Å². The Morgan fingerprint density at radius 2 is 1.06 bits per heavy atom. The molecule has 12 nitrogen and oxygen atoms in total. The van der Waals surface area contributed by atoms with Crippen LogP contribution in [-0.2, 0) is 31.1 Å². The summed E-state index contributed by atoms with van der Waals surface area (Å²) in [5.74, 6) is 0.657. The van der Waals surface area contributed by atoms with E-state index < -0.39 is 58.5 Å². The summed E-state index contributed by atoms with van der Waals surface area (Å²) in [4.78, 5) is 14.6. The Kier molecular flexibility index (Phi) is 12.9. The van der Waals surface area contributed by atoms with Gasteiger partial charge >= 0.3 is 42.7 Å². The highest BCUT2D eigenvalue weighted by Crippen LogP contribution is 2.45. The Morgan fingerprint density at radius 3 is 1.45 bits per heavy atom. The minimum absolute atomic E-state index is 0.0238. The standard InChI is InChI=1S/C24H26F6N6O2.C13H10BrF6N3O/c1-12(2)36-22(37-18-7-16(23(25,26)27)6-17(8-18)24(28,29)30)32-20(33-36)9-19-14-4-5-15(19)11-35(10-14)21-31-13(3)34-38-21;1-6(2)23-11(21-10(14)22-23)24-9-4-7(12(15,16)17)3-8(5-9)13(18,19)20/h6-8,12,14-15,19H,4-5,9-11H2,1-3H3;3-6H,1-2H3/t14-,15+,19?;. The molecular formula is C37H36BrF12N9O3. The van der Waals surface area contributed by atoms with Gasteiger partial charge in [-0.2, -0.15) is 72.7 Å². The predicted molar refractivity (Wildman–Crippen MR) is 196 cm³/mol. The number of rotatable bonds is 9. The number of nitrogens with zero attached hydrogens (tertiary/aromatic N) is 9. The van der Waals surface area contributed by atoms with Crippen LogP contribution in [0.4, 0.5) is 58.7 Å². The molecule has 1 aliphatic heterocycles. The maximum Gasteiger partial charge on any atom is 0.416 e. The summed E-state index contributed by atoms with van der Waals surface area (Å²) in [6.45, 7) is 10.2. The molecule has 2 aromatic carbocycles. The summed E-state index contributed by atoms with van der Waals surface area (Å²) >= 11 is 2.97. The van der Waals surface area contributed by atoms with Crippen LogP contribution in [0.1, 0.15) is 86.5 Å². The molecule has 62 heavy (non-hydrogen) atoms. The fraction of sp³-hybridized carbons (Fsp3) is 0.514. The fourth-order valence-corrected chi connectivity index (χ4v) is 7.49. The number of ether oxygens (including phenoxy) is 2. The number of aromatic nitrogens is 8.